The fourth-order valence-corrected chi connectivity index (χ4v) is 4.02. The molecule has 1 amide bonds. The number of nitrogens with one attached hydrogen (secondary N) is 2. The van der Waals surface area contributed by atoms with Crippen LogP contribution < -0.4 is 15.8 Å². The number of aromatic nitrogens is 3. The van der Waals surface area contributed by atoms with Gasteiger partial charge in [0, 0.05) is 29.1 Å². The molecule has 4 aromatic rings. The molecule has 5 rings (SSSR count). The number of ether oxygens (including phenoxy) is 1. The summed E-state index contributed by atoms with van der Waals surface area (Å²) in [5.41, 5.74) is 2.27. The number of fused-ring (bicyclic) bond motifs is 1. The maximum atomic E-state index is 13.1. The highest BCUT2D eigenvalue weighted by Crippen LogP contribution is 2.31. The summed E-state index contributed by atoms with van der Waals surface area (Å²) >= 11 is 6.10. The summed E-state index contributed by atoms with van der Waals surface area (Å²) in [6.07, 6.45) is 3.74. The van der Waals surface area contributed by atoms with Crippen molar-refractivity contribution >= 4 is 34.1 Å². The van der Waals surface area contributed by atoms with Crippen molar-refractivity contribution in [3.63, 3.8) is 0 Å². The first kappa shape index (κ1) is 20.4. The Kier molecular flexibility index (Phi) is 5.22. The molecule has 2 heterocycles. The van der Waals surface area contributed by atoms with Crippen molar-refractivity contribution in [2.75, 3.05) is 11.9 Å². The number of aromatic amines is 1. The Morgan fingerprint density at radius 2 is 2.12 bits per heavy atom. The van der Waals surface area contributed by atoms with E-state index in [9.17, 15) is 9.59 Å². The van der Waals surface area contributed by atoms with Crippen LogP contribution in [0.1, 0.15) is 29.8 Å². The zero-order valence-corrected chi connectivity index (χ0v) is 18.1. The van der Waals surface area contributed by atoms with Crippen molar-refractivity contribution < 1.29 is 14.1 Å². The third-order valence-electron chi connectivity index (χ3n) is 5.89. The molecule has 164 valence electrons. The first-order valence-electron chi connectivity index (χ1n) is 10.4. The van der Waals surface area contributed by atoms with Crippen LogP contribution in [0.3, 0.4) is 0 Å². The average Bonchev–Trinajstić information content (AvgIpc) is 3.31. The zero-order chi connectivity index (χ0) is 22.2. The number of rotatable bonds is 6. The van der Waals surface area contributed by atoms with Gasteiger partial charge in [0.2, 0.25) is 0 Å². The lowest BCUT2D eigenvalue weighted by Gasteiger charge is -2.25. The molecule has 0 saturated heterocycles. The Labute approximate surface area is 188 Å². The average molecular weight is 453 g/mol. The van der Waals surface area contributed by atoms with Crippen molar-refractivity contribution in [2.45, 2.75) is 19.3 Å². The number of anilines is 1. The van der Waals surface area contributed by atoms with E-state index in [1.54, 1.807) is 18.2 Å². The molecule has 2 aromatic heterocycles. The van der Waals surface area contributed by atoms with E-state index in [0.717, 1.165) is 23.3 Å². The monoisotopic (exact) mass is 452 g/mol. The van der Waals surface area contributed by atoms with Gasteiger partial charge in [0.05, 0.1) is 17.8 Å². The van der Waals surface area contributed by atoms with Crippen molar-refractivity contribution in [3.05, 3.63) is 63.7 Å². The zero-order valence-electron chi connectivity index (χ0n) is 17.4. The van der Waals surface area contributed by atoms with E-state index in [2.05, 4.69) is 20.0 Å². The van der Waals surface area contributed by atoms with Gasteiger partial charge in [0.15, 0.2) is 5.82 Å². The molecule has 32 heavy (non-hydrogen) atoms. The molecule has 8 nitrogen and oxygen atoms in total. The van der Waals surface area contributed by atoms with Gasteiger partial charge in [-0.25, -0.2) is 4.79 Å². The second-order valence-electron chi connectivity index (χ2n) is 8.00. The second-order valence-corrected chi connectivity index (χ2v) is 8.44. The highest BCUT2D eigenvalue weighted by atomic mass is 35.5. The van der Waals surface area contributed by atoms with Crippen LogP contribution in [0.15, 0.2) is 51.8 Å². The van der Waals surface area contributed by atoms with E-state index < -0.39 is 5.76 Å². The Bertz CT molecular complexity index is 1370. The number of carbonyl (C=O) groups is 1. The number of benzene rings is 2. The molecule has 0 spiro atoms. The number of H-pyrrole nitrogens is 1. The fraction of sp³-hybridized carbons (Fsp3) is 0.261. The van der Waals surface area contributed by atoms with Crippen LogP contribution in [0.5, 0.6) is 5.75 Å². The molecule has 0 atom stereocenters. The quantitative estimate of drug-likeness (QED) is 0.445. The number of aryl methyl sites for hydroxylation is 1. The van der Waals surface area contributed by atoms with Gasteiger partial charge in [-0.2, -0.15) is 0 Å². The summed E-state index contributed by atoms with van der Waals surface area (Å²) in [6.45, 7) is 0.729. The van der Waals surface area contributed by atoms with E-state index >= 15 is 0 Å². The summed E-state index contributed by atoms with van der Waals surface area (Å²) in [5.74, 6) is 0.621. The maximum absolute atomic E-state index is 13.1. The van der Waals surface area contributed by atoms with Crippen molar-refractivity contribution in [1.29, 1.82) is 0 Å². The third-order valence-corrected chi connectivity index (χ3v) is 6.12. The van der Waals surface area contributed by atoms with Crippen LogP contribution >= 0.6 is 11.6 Å². The van der Waals surface area contributed by atoms with Crippen LogP contribution in [0.4, 0.5) is 5.69 Å². The first-order chi connectivity index (χ1) is 15.5. The summed E-state index contributed by atoms with van der Waals surface area (Å²) in [6, 6.07) is 12.6. The molecule has 2 aromatic carbocycles. The SMILES string of the molecule is Cn1c(C(=O)Nc2ccc(Cl)cc2-c2noc(=O)[nH]2)cc2ccc(OCC3CCC3)cc21. The van der Waals surface area contributed by atoms with E-state index in [1.165, 1.54) is 19.3 Å². The Balaban J connectivity index is 1.41. The lowest BCUT2D eigenvalue weighted by Crippen LogP contribution is -2.19. The largest absolute Gasteiger partial charge is 0.493 e. The highest BCUT2D eigenvalue weighted by molar-refractivity contribution is 6.31. The minimum absolute atomic E-state index is 0.179. The highest BCUT2D eigenvalue weighted by Gasteiger charge is 2.20. The summed E-state index contributed by atoms with van der Waals surface area (Å²) in [5, 5.41) is 7.95. The molecule has 2 N–H and O–H groups in total. The van der Waals surface area contributed by atoms with E-state index in [1.807, 2.05) is 35.9 Å². The fourth-order valence-electron chi connectivity index (χ4n) is 3.84. The summed E-state index contributed by atoms with van der Waals surface area (Å²) < 4.78 is 12.4. The number of carbonyl (C=O) groups excluding carboxylic acids is 1. The van der Waals surface area contributed by atoms with Gasteiger partial charge < -0.3 is 14.6 Å². The van der Waals surface area contributed by atoms with E-state index in [0.29, 0.717) is 27.9 Å². The number of hydrogen-bond acceptors (Lipinski definition) is 5. The summed E-state index contributed by atoms with van der Waals surface area (Å²) in [7, 11) is 1.84. The molecule has 0 radical (unpaired) electrons. The van der Waals surface area contributed by atoms with E-state index in [4.69, 9.17) is 16.3 Å². The van der Waals surface area contributed by atoms with Crippen LogP contribution in [0, 0.1) is 5.92 Å². The van der Waals surface area contributed by atoms with Crippen molar-refractivity contribution in [2.24, 2.45) is 13.0 Å². The number of amides is 1. The van der Waals surface area contributed by atoms with Crippen molar-refractivity contribution in [3.8, 4) is 17.1 Å². The Morgan fingerprint density at radius 3 is 2.84 bits per heavy atom. The normalized spacial score (nSPS) is 13.8. The smallest absolute Gasteiger partial charge is 0.439 e. The van der Waals surface area contributed by atoms with Gasteiger partial charge >= 0.3 is 5.76 Å². The first-order valence-corrected chi connectivity index (χ1v) is 10.8. The predicted octanol–water partition coefficient (Wildman–Crippen LogP) is 4.61. The molecule has 1 saturated carbocycles. The van der Waals surface area contributed by atoms with Gasteiger partial charge in [0.1, 0.15) is 11.4 Å². The van der Waals surface area contributed by atoms with Gasteiger partial charge in [-0.3, -0.25) is 14.3 Å². The number of nitrogens with zero attached hydrogens (tertiary/aromatic N) is 2. The molecule has 9 heteroatoms. The summed E-state index contributed by atoms with van der Waals surface area (Å²) in [4.78, 5) is 27.0. The Morgan fingerprint density at radius 1 is 1.28 bits per heavy atom. The van der Waals surface area contributed by atoms with Gasteiger partial charge in [0.25, 0.3) is 5.91 Å². The molecular weight excluding hydrogens is 432 g/mol. The topological polar surface area (TPSA) is 102 Å². The molecule has 0 bridgehead atoms. The molecule has 1 aliphatic carbocycles. The van der Waals surface area contributed by atoms with Crippen LogP contribution in [-0.2, 0) is 7.05 Å². The lowest BCUT2D eigenvalue weighted by atomic mass is 9.86. The van der Waals surface area contributed by atoms with Crippen LogP contribution in [0.2, 0.25) is 5.02 Å². The van der Waals surface area contributed by atoms with Crippen LogP contribution in [0.25, 0.3) is 22.3 Å². The van der Waals surface area contributed by atoms with Gasteiger partial charge in [-0.1, -0.05) is 23.2 Å². The molecule has 1 aliphatic rings. The van der Waals surface area contributed by atoms with Crippen molar-refractivity contribution in [1.82, 2.24) is 14.7 Å². The number of hydrogen-bond donors (Lipinski definition) is 2. The molecule has 0 unspecified atom stereocenters. The minimum atomic E-state index is -0.693. The Hall–Kier alpha value is -3.52. The predicted molar refractivity (Wildman–Crippen MR) is 121 cm³/mol. The lowest BCUT2D eigenvalue weighted by molar-refractivity contribution is 0.102. The third kappa shape index (κ3) is 3.89. The minimum Gasteiger partial charge on any atom is -0.493 e. The maximum Gasteiger partial charge on any atom is 0.439 e. The molecular formula is C23H21ClN4O4. The number of halogens is 1. The second kappa shape index (κ2) is 8.20. The molecule has 1 fully saturated rings. The molecule has 0 aliphatic heterocycles. The van der Waals surface area contributed by atoms with E-state index in [-0.39, 0.29) is 11.7 Å². The van der Waals surface area contributed by atoms with Gasteiger partial charge in [-0.15, -0.1) is 0 Å². The van der Waals surface area contributed by atoms with Gasteiger partial charge in [-0.05, 0) is 55.2 Å². The van der Waals surface area contributed by atoms with Crippen LogP contribution in [-0.4, -0.2) is 27.2 Å². The standard InChI is InChI=1S/C23H21ClN4O4/c1-28-19-11-16(31-12-13-3-2-4-13)7-5-14(19)9-20(28)22(29)25-18-8-6-15(24)10-17(18)21-26-23(30)32-27-21/h5-11,13H,2-4,12H2,1H3,(H,25,29)(H,26,27,30).